The standard InChI is InChI=1S/C20H20N2O3/c1-13-21-17(14-5-8-16(23-2)9-6-14)12-18(22-13)15-7-10-19(24-3)20(11-15)25-4/h5-12H,1-4H3. The SMILES string of the molecule is COc1ccc(-c2cc(-c3ccc(OC)c(OC)c3)nc(C)n2)cc1. The summed E-state index contributed by atoms with van der Waals surface area (Å²) in [7, 11) is 4.89. The Labute approximate surface area is 147 Å². The molecular formula is C20H20N2O3. The number of methoxy groups -OCH3 is 3. The maximum Gasteiger partial charge on any atom is 0.161 e. The van der Waals surface area contributed by atoms with Gasteiger partial charge >= 0.3 is 0 Å². The number of rotatable bonds is 5. The van der Waals surface area contributed by atoms with Crippen LogP contribution in [0.2, 0.25) is 0 Å². The summed E-state index contributed by atoms with van der Waals surface area (Å²) in [6, 6.07) is 15.5. The zero-order valence-corrected chi connectivity index (χ0v) is 14.7. The summed E-state index contributed by atoms with van der Waals surface area (Å²) in [4.78, 5) is 9.12. The van der Waals surface area contributed by atoms with Crippen molar-refractivity contribution in [3.63, 3.8) is 0 Å². The number of aryl methyl sites for hydroxylation is 1. The molecule has 0 fully saturated rings. The summed E-state index contributed by atoms with van der Waals surface area (Å²) in [5.74, 6) is 2.88. The van der Waals surface area contributed by atoms with Gasteiger partial charge in [-0.15, -0.1) is 0 Å². The molecule has 0 atom stereocenters. The zero-order chi connectivity index (χ0) is 17.8. The number of hydrogen-bond acceptors (Lipinski definition) is 5. The van der Waals surface area contributed by atoms with E-state index in [0.717, 1.165) is 28.3 Å². The van der Waals surface area contributed by atoms with E-state index < -0.39 is 0 Å². The normalized spacial score (nSPS) is 10.4. The molecule has 0 aliphatic rings. The highest BCUT2D eigenvalue weighted by Gasteiger charge is 2.10. The van der Waals surface area contributed by atoms with E-state index in [1.54, 1.807) is 21.3 Å². The van der Waals surface area contributed by atoms with Crippen molar-refractivity contribution < 1.29 is 14.2 Å². The van der Waals surface area contributed by atoms with Crippen LogP contribution in [0.3, 0.4) is 0 Å². The lowest BCUT2D eigenvalue weighted by molar-refractivity contribution is 0.355. The van der Waals surface area contributed by atoms with Crippen LogP contribution in [0.25, 0.3) is 22.5 Å². The van der Waals surface area contributed by atoms with E-state index in [0.29, 0.717) is 17.3 Å². The van der Waals surface area contributed by atoms with Crippen molar-refractivity contribution in [3.8, 4) is 39.8 Å². The third kappa shape index (κ3) is 3.55. The fraction of sp³-hybridized carbons (Fsp3) is 0.200. The van der Waals surface area contributed by atoms with Crippen LogP contribution < -0.4 is 14.2 Å². The van der Waals surface area contributed by atoms with Gasteiger partial charge in [-0.05, 0) is 55.5 Å². The first-order chi connectivity index (χ1) is 12.1. The summed E-state index contributed by atoms with van der Waals surface area (Å²) < 4.78 is 15.9. The number of benzene rings is 2. The van der Waals surface area contributed by atoms with Gasteiger partial charge in [0.2, 0.25) is 0 Å². The molecule has 128 valence electrons. The van der Waals surface area contributed by atoms with Gasteiger partial charge in [0, 0.05) is 11.1 Å². The highest BCUT2D eigenvalue weighted by atomic mass is 16.5. The van der Waals surface area contributed by atoms with Gasteiger partial charge in [0.15, 0.2) is 11.5 Å². The van der Waals surface area contributed by atoms with E-state index in [9.17, 15) is 0 Å². The van der Waals surface area contributed by atoms with Crippen molar-refractivity contribution in [1.29, 1.82) is 0 Å². The summed E-state index contributed by atoms with van der Waals surface area (Å²) in [5.41, 5.74) is 3.64. The van der Waals surface area contributed by atoms with Crippen LogP contribution in [0, 0.1) is 6.92 Å². The van der Waals surface area contributed by atoms with Gasteiger partial charge in [-0.2, -0.15) is 0 Å². The Hall–Kier alpha value is -3.08. The second-order valence-corrected chi connectivity index (χ2v) is 5.48. The molecule has 25 heavy (non-hydrogen) atoms. The predicted octanol–water partition coefficient (Wildman–Crippen LogP) is 4.14. The number of aromatic nitrogens is 2. The second kappa shape index (κ2) is 7.21. The van der Waals surface area contributed by atoms with Gasteiger partial charge in [0.1, 0.15) is 11.6 Å². The van der Waals surface area contributed by atoms with Crippen LogP contribution >= 0.6 is 0 Å². The molecule has 0 N–H and O–H groups in total. The number of nitrogens with zero attached hydrogens (tertiary/aromatic N) is 2. The first-order valence-electron chi connectivity index (χ1n) is 7.87. The topological polar surface area (TPSA) is 53.5 Å². The molecule has 0 aliphatic heterocycles. The molecule has 1 aromatic heterocycles. The Balaban J connectivity index is 2.04. The summed E-state index contributed by atoms with van der Waals surface area (Å²) in [6.45, 7) is 1.89. The van der Waals surface area contributed by atoms with E-state index in [1.165, 1.54) is 0 Å². The first-order valence-corrected chi connectivity index (χ1v) is 7.87. The smallest absolute Gasteiger partial charge is 0.161 e. The molecule has 0 saturated heterocycles. The molecule has 5 nitrogen and oxygen atoms in total. The molecule has 1 heterocycles. The maximum atomic E-state index is 5.39. The lowest BCUT2D eigenvalue weighted by atomic mass is 10.1. The third-order valence-electron chi connectivity index (χ3n) is 3.90. The summed E-state index contributed by atoms with van der Waals surface area (Å²) in [5, 5.41) is 0. The minimum absolute atomic E-state index is 0.669. The number of hydrogen-bond donors (Lipinski definition) is 0. The van der Waals surface area contributed by atoms with Gasteiger partial charge in [-0.3, -0.25) is 0 Å². The second-order valence-electron chi connectivity index (χ2n) is 5.48. The van der Waals surface area contributed by atoms with E-state index in [-0.39, 0.29) is 0 Å². The molecule has 0 spiro atoms. The first kappa shape index (κ1) is 16.8. The molecule has 0 saturated carbocycles. The molecule has 5 heteroatoms. The Morgan fingerprint density at radius 2 is 1.24 bits per heavy atom. The van der Waals surface area contributed by atoms with Gasteiger partial charge in [0.05, 0.1) is 32.7 Å². The van der Waals surface area contributed by atoms with Crippen molar-refractivity contribution in [1.82, 2.24) is 9.97 Å². The van der Waals surface area contributed by atoms with Crippen LogP contribution in [0.1, 0.15) is 5.82 Å². The van der Waals surface area contributed by atoms with Crippen molar-refractivity contribution in [2.24, 2.45) is 0 Å². The van der Waals surface area contributed by atoms with Gasteiger partial charge < -0.3 is 14.2 Å². The average Bonchev–Trinajstić information content (AvgIpc) is 2.67. The quantitative estimate of drug-likeness (QED) is 0.701. The molecule has 3 aromatic rings. The minimum Gasteiger partial charge on any atom is -0.497 e. The fourth-order valence-corrected chi connectivity index (χ4v) is 2.62. The van der Waals surface area contributed by atoms with Crippen LogP contribution in [-0.4, -0.2) is 31.3 Å². The average molecular weight is 336 g/mol. The molecule has 3 rings (SSSR count). The summed E-state index contributed by atoms with van der Waals surface area (Å²) >= 11 is 0. The largest absolute Gasteiger partial charge is 0.497 e. The van der Waals surface area contributed by atoms with E-state index in [1.807, 2.05) is 55.5 Å². The summed E-state index contributed by atoms with van der Waals surface area (Å²) in [6.07, 6.45) is 0. The van der Waals surface area contributed by atoms with E-state index >= 15 is 0 Å². The Kier molecular flexibility index (Phi) is 4.84. The molecule has 0 radical (unpaired) electrons. The molecular weight excluding hydrogens is 316 g/mol. The highest BCUT2D eigenvalue weighted by Crippen LogP contribution is 2.32. The van der Waals surface area contributed by atoms with Gasteiger partial charge in [0.25, 0.3) is 0 Å². The van der Waals surface area contributed by atoms with Crippen molar-refractivity contribution in [3.05, 3.63) is 54.4 Å². The van der Waals surface area contributed by atoms with Crippen molar-refractivity contribution in [2.75, 3.05) is 21.3 Å². The Morgan fingerprint density at radius 3 is 1.84 bits per heavy atom. The van der Waals surface area contributed by atoms with E-state index in [2.05, 4.69) is 9.97 Å². The maximum absolute atomic E-state index is 5.39. The van der Waals surface area contributed by atoms with Crippen molar-refractivity contribution in [2.45, 2.75) is 6.92 Å². The Morgan fingerprint density at radius 1 is 0.640 bits per heavy atom. The fourth-order valence-electron chi connectivity index (χ4n) is 2.62. The predicted molar refractivity (Wildman–Crippen MR) is 97.3 cm³/mol. The van der Waals surface area contributed by atoms with Crippen molar-refractivity contribution >= 4 is 0 Å². The molecule has 0 bridgehead atoms. The Bertz CT molecular complexity index is 877. The molecule has 0 unspecified atom stereocenters. The molecule has 0 amide bonds. The van der Waals surface area contributed by atoms with Crippen LogP contribution in [0.5, 0.6) is 17.2 Å². The van der Waals surface area contributed by atoms with Gasteiger partial charge in [-0.25, -0.2) is 9.97 Å². The third-order valence-corrected chi connectivity index (χ3v) is 3.90. The molecule has 0 aliphatic carbocycles. The lowest BCUT2D eigenvalue weighted by Crippen LogP contribution is -1.96. The molecule has 2 aromatic carbocycles. The van der Waals surface area contributed by atoms with Crippen LogP contribution in [0.15, 0.2) is 48.5 Å². The van der Waals surface area contributed by atoms with E-state index in [4.69, 9.17) is 14.2 Å². The van der Waals surface area contributed by atoms with Crippen LogP contribution in [0.4, 0.5) is 0 Å². The monoisotopic (exact) mass is 336 g/mol. The highest BCUT2D eigenvalue weighted by molar-refractivity contribution is 5.70. The minimum atomic E-state index is 0.669. The lowest BCUT2D eigenvalue weighted by Gasteiger charge is -2.11. The van der Waals surface area contributed by atoms with Crippen LogP contribution in [-0.2, 0) is 0 Å². The van der Waals surface area contributed by atoms with Gasteiger partial charge in [-0.1, -0.05) is 0 Å². The number of ether oxygens (including phenoxy) is 3. The zero-order valence-electron chi connectivity index (χ0n) is 14.7.